The summed E-state index contributed by atoms with van der Waals surface area (Å²) in [5, 5.41) is 5.44. The second kappa shape index (κ2) is 8.85. The molecule has 1 fully saturated rings. The van der Waals surface area contributed by atoms with Crippen molar-refractivity contribution in [3.05, 3.63) is 54.4 Å². The molecule has 1 saturated carbocycles. The molecule has 0 N–H and O–H groups in total. The van der Waals surface area contributed by atoms with Crippen molar-refractivity contribution in [2.24, 2.45) is 5.92 Å². The number of benzene rings is 1. The molecule has 5 nitrogen and oxygen atoms in total. The average molecular weight is 433 g/mol. The predicted octanol–water partition coefficient (Wildman–Crippen LogP) is 6.56. The maximum absolute atomic E-state index is 14.2. The van der Waals surface area contributed by atoms with Crippen LogP contribution in [0.4, 0.5) is 4.39 Å². The van der Waals surface area contributed by atoms with Gasteiger partial charge in [0.1, 0.15) is 0 Å². The van der Waals surface area contributed by atoms with Crippen LogP contribution in [0.25, 0.3) is 27.7 Å². The first kappa shape index (κ1) is 20.9. The van der Waals surface area contributed by atoms with Crippen molar-refractivity contribution in [1.29, 1.82) is 0 Å². The van der Waals surface area contributed by atoms with Gasteiger partial charge in [0, 0.05) is 35.6 Å². The number of fused-ring (bicyclic) bond motifs is 2. The number of nitrogens with zero attached hydrogens (tertiary/aromatic N) is 4. The molecular weight excluding hydrogens is 403 g/mol. The van der Waals surface area contributed by atoms with Gasteiger partial charge in [0.2, 0.25) is 0 Å². The second-order valence-electron chi connectivity index (χ2n) is 9.09. The normalized spacial score (nSPS) is 20.1. The zero-order chi connectivity index (χ0) is 22.1. The molecule has 2 unspecified atom stereocenters. The highest BCUT2D eigenvalue weighted by atomic mass is 19.1. The van der Waals surface area contributed by atoms with E-state index in [-0.39, 0.29) is 5.75 Å². The molecule has 1 aliphatic rings. The molecular formula is C26H29FN4O. The Bertz CT molecular complexity index is 1250. The molecule has 1 aromatic carbocycles. The van der Waals surface area contributed by atoms with Crippen LogP contribution in [0.1, 0.15) is 63.4 Å². The summed E-state index contributed by atoms with van der Waals surface area (Å²) in [6.45, 7) is 2.38. The van der Waals surface area contributed by atoms with E-state index in [1.807, 2.05) is 23.0 Å². The maximum atomic E-state index is 14.2. The molecule has 4 aromatic rings. The van der Waals surface area contributed by atoms with Crippen LogP contribution in [0.15, 0.2) is 43.0 Å². The Morgan fingerprint density at radius 1 is 1.00 bits per heavy atom. The van der Waals surface area contributed by atoms with E-state index in [4.69, 9.17) is 9.72 Å². The lowest BCUT2D eigenvalue weighted by molar-refractivity contribution is 0.387. The van der Waals surface area contributed by atoms with Crippen LogP contribution in [-0.2, 0) is 0 Å². The zero-order valence-corrected chi connectivity index (χ0v) is 18.7. The monoisotopic (exact) mass is 432 g/mol. The van der Waals surface area contributed by atoms with Crippen molar-refractivity contribution in [2.45, 2.75) is 57.8 Å². The molecule has 3 heterocycles. The lowest BCUT2D eigenvalue weighted by atomic mass is 9.91. The Labute approximate surface area is 187 Å². The van der Waals surface area contributed by atoms with E-state index in [0.717, 1.165) is 28.1 Å². The van der Waals surface area contributed by atoms with Crippen molar-refractivity contribution in [1.82, 2.24) is 19.6 Å². The van der Waals surface area contributed by atoms with E-state index in [2.05, 4.69) is 23.2 Å². The van der Waals surface area contributed by atoms with Gasteiger partial charge in [0.05, 0.1) is 18.8 Å². The summed E-state index contributed by atoms with van der Waals surface area (Å²) in [5.74, 6) is 1.16. The third kappa shape index (κ3) is 3.94. The number of methoxy groups -OCH3 is 1. The summed E-state index contributed by atoms with van der Waals surface area (Å²) in [4.78, 5) is 9.16. The second-order valence-corrected chi connectivity index (χ2v) is 9.09. The fraction of sp³-hybridized carbons (Fsp3) is 0.423. The smallest absolute Gasteiger partial charge is 0.167 e. The zero-order valence-electron chi connectivity index (χ0n) is 18.7. The minimum absolute atomic E-state index is 0.202. The quantitative estimate of drug-likeness (QED) is 0.368. The van der Waals surface area contributed by atoms with Gasteiger partial charge in [-0.2, -0.15) is 5.10 Å². The number of rotatable bonds is 3. The molecule has 166 valence electrons. The van der Waals surface area contributed by atoms with E-state index in [1.165, 1.54) is 63.7 Å². The molecule has 0 aliphatic heterocycles. The van der Waals surface area contributed by atoms with E-state index in [9.17, 15) is 4.39 Å². The van der Waals surface area contributed by atoms with E-state index in [0.29, 0.717) is 11.4 Å². The molecule has 5 rings (SSSR count). The van der Waals surface area contributed by atoms with Gasteiger partial charge in [-0.25, -0.2) is 13.9 Å². The first-order valence-electron chi connectivity index (χ1n) is 11.6. The van der Waals surface area contributed by atoms with E-state index < -0.39 is 5.82 Å². The number of hydrogen-bond donors (Lipinski definition) is 0. The number of ether oxygens (including phenoxy) is 1. The fourth-order valence-corrected chi connectivity index (χ4v) is 5.05. The number of halogens is 1. The SMILES string of the molecule is COc1cc2c(-c3cnn4cc(C5CCCCC(C)CCC5)cnc34)ccnc2cc1F. The number of aromatic nitrogens is 4. The molecule has 0 radical (unpaired) electrons. The first-order chi connectivity index (χ1) is 15.6. The fourth-order valence-electron chi connectivity index (χ4n) is 5.05. The first-order valence-corrected chi connectivity index (χ1v) is 11.6. The molecule has 0 bridgehead atoms. The summed E-state index contributed by atoms with van der Waals surface area (Å²) < 4.78 is 21.2. The highest BCUT2D eigenvalue weighted by Crippen LogP contribution is 2.35. The third-order valence-corrected chi connectivity index (χ3v) is 6.90. The van der Waals surface area contributed by atoms with Crippen molar-refractivity contribution >= 4 is 16.6 Å². The van der Waals surface area contributed by atoms with Crippen molar-refractivity contribution in [2.75, 3.05) is 7.11 Å². The Hall–Kier alpha value is -3.02. The van der Waals surface area contributed by atoms with Crippen molar-refractivity contribution in [3.8, 4) is 16.9 Å². The molecule has 0 saturated heterocycles. The van der Waals surface area contributed by atoms with Gasteiger partial charge < -0.3 is 4.74 Å². The minimum atomic E-state index is -0.420. The van der Waals surface area contributed by atoms with E-state index >= 15 is 0 Å². The van der Waals surface area contributed by atoms with Gasteiger partial charge in [0.25, 0.3) is 0 Å². The van der Waals surface area contributed by atoms with E-state index in [1.54, 1.807) is 12.3 Å². The number of pyridine rings is 1. The van der Waals surface area contributed by atoms with Crippen LogP contribution in [0.2, 0.25) is 0 Å². The summed E-state index contributed by atoms with van der Waals surface area (Å²) in [6, 6.07) is 5.03. The lowest BCUT2D eigenvalue weighted by Crippen LogP contribution is -2.03. The maximum Gasteiger partial charge on any atom is 0.167 e. The highest BCUT2D eigenvalue weighted by molar-refractivity contribution is 5.98. The molecule has 32 heavy (non-hydrogen) atoms. The largest absolute Gasteiger partial charge is 0.494 e. The van der Waals surface area contributed by atoms with Crippen LogP contribution in [-0.4, -0.2) is 26.7 Å². The van der Waals surface area contributed by atoms with Crippen LogP contribution < -0.4 is 4.74 Å². The van der Waals surface area contributed by atoms with Gasteiger partial charge >= 0.3 is 0 Å². The highest BCUT2D eigenvalue weighted by Gasteiger charge is 2.18. The van der Waals surface area contributed by atoms with Crippen LogP contribution in [0, 0.1) is 11.7 Å². The molecule has 1 aliphatic carbocycles. The van der Waals surface area contributed by atoms with Gasteiger partial charge in [0.15, 0.2) is 17.2 Å². The van der Waals surface area contributed by atoms with Crippen molar-refractivity contribution in [3.63, 3.8) is 0 Å². The summed E-state index contributed by atoms with van der Waals surface area (Å²) in [7, 11) is 1.47. The van der Waals surface area contributed by atoms with Gasteiger partial charge in [-0.1, -0.05) is 39.0 Å². The van der Waals surface area contributed by atoms with Gasteiger partial charge in [-0.3, -0.25) is 4.98 Å². The Balaban J connectivity index is 1.52. The minimum Gasteiger partial charge on any atom is -0.494 e. The molecule has 0 spiro atoms. The van der Waals surface area contributed by atoms with Crippen LogP contribution >= 0.6 is 0 Å². The Morgan fingerprint density at radius 2 is 1.81 bits per heavy atom. The summed E-state index contributed by atoms with van der Waals surface area (Å²) in [5.41, 5.74) is 4.46. The predicted molar refractivity (Wildman–Crippen MR) is 124 cm³/mol. The topological polar surface area (TPSA) is 52.3 Å². The van der Waals surface area contributed by atoms with Crippen LogP contribution in [0.5, 0.6) is 5.75 Å². The summed E-state index contributed by atoms with van der Waals surface area (Å²) >= 11 is 0. The molecule has 0 amide bonds. The molecule has 3 aromatic heterocycles. The van der Waals surface area contributed by atoms with Crippen LogP contribution in [0.3, 0.4) is 0 Å². The standard InChI is InChI=1S/C26H29FN4O/c1-17-6-3-4-8-18(9-5-7-17)19-14-29-26-22(15-30-31(26)16-19)20-10-11-28-24-13-23(27)25(32-2)12-21(20)24/h10-18H,3-9H2,1-2H3. The average Bonchev–Trinajstić information content (AvgIpc) is 3.26. The third-order valence-electron chi connectivity index (χ3n) is 6.90. The van der Waals surface area contributed by atoms with Gasteiger partial charge in [-0.05, 0) is 47.9 Å². The summed E-state index contributed by atoms with van der Waals surface area (Å²) in [6.07, 6.45) is 16.7. The Morgan fingerprint density at radius 3 is 2.69 bits per heavy atom. The molecule has 2 atom stereocenters. The lowest BCUT2D eigenvalue weighted by Gasteiger charge is -2.16. The Kier molecular flexibility index (Phi) is 5.77. The van der Waals surface area contributed by atoms with Gasteiger partial charge in [-0.15, -0.1) is 0 Å². The number of hydrogen-bond acceptors (Lipinski definition) is 4. The van der Waals surface area contributed by atoms with Crippen molar-refractivity contribution < 1.29 is 9.13 Å². The molecule has 6 heteroatoms.